The summed E-state index contributed by atoms with van der Waals surface area (Å²) in [5, 5.41) is 2.32. The van der Waals surface area contributed by atoms with E-state index in [0.717, 1.165) is 5.69 Å². The lowest BCUT2D eigenvalue weighted by Gasteiger charge is -2.26. The predicted molar refractivity (Wildman–Crippen MR) is 69.0 cm³/mol. The summed E-state index contributed by atoms with van der Waals surface area (Å²) in [5.41, 5.74) is 6.27. The van der Waals surface area contributed by atoms with Gasteiger partial charge in [-0.15, -0.1) is 11.3 Å². The number of ether oxygens (including phenoxy) is 1. The highest BCUT2D eigenvalue weighted by Gasteiger charge is 2.17. The zero-order valence-electron chi connectivity index (χ0n) is 10.5. The molecule has 1 rings (SSSR count). The molecule has 0 aliphatic heterocycles. The topological polar surface area (TPSA) is 68.5 Å². The lowest BCUT2D eigenvalue weighted by Crippen LogP contribution is -2.40. The Kier molecular flexibility index (Phi) is 5.37. The van der Waals surface area contributed by atoms with Crippen LogP contribution in [0.15, 0.2) is 5.38 Å². The number of methoxy groups -OCH3 is 1. The molecule has 0 bridgehead atoms. The van der Waals surface area contributed by atoms with Crippen molar-refractivity contribution < 1.29 is 9.53 Å². The average molecular weight is 257 g/mol. The van der Waals surface area contributed by atoms with Crippen LogP contribution in [-0.4, -0.2) is 42.1 Å². The van der Waals surface area contributed by atoms with E-state index in [1.165, 1.54) is 11.3 Å². The fourth-order valence-corrected chi connectivity index (χ4v) is 2.08. The molecule has 17 heavy (non-hydrogen) atoms. The minimum absolute atomic E-state index is 0.0577. The summed E-state index contributed by atoms with van der Waals surface area (Å²) in [6.07, 6.45) is 0.301. The van der Waals surface area contributed by atoms with Crippen molar-refractivity contribution in [2.45, 2.75) is 26.3 Å². The Morgan fingerprint density at radius 3 is 2.82 bits per heavy atom. The van der Waals surface area contributed by atoms with E-state index in [0.29, 0.717) is 24.7 Å². The number of aromatic nitrogens is 1. The summed E-state index contributed by atoms with van der Waals surface area (Å²) in [7, 11) is 1.63. The largest absolute Gasteiger partial charge is 0.383 e. The van der Waals surface area contributed by atoms with Crippen molar-refractivity contribution in [1.29, 1.82) is 0 Å². The van der Waals surface area contributed by atoms with E-state index in [-0.39, 0.29) is 11.9 Å². The second-order valence-electron chi connectivity index (χ2n) is 4.03. The van der Waals surface area contributed by atoms with Crippen LogP contribution in [0.1, 0.15) is 19.5 Å². The van der Waals surface area contributed by atoms with Gasteiger partial charge in [0, 0.05) is 25.1 Å². The molecule has 0 aromatic carbocycles. The molecule has 1 amide bonds. The van der Waals surface area contributed by atoms with Crippen LogP contribution in [0.3, 0.4) is 0 Å². The first-order chi connectivity index (χ1) is 8.04. The van der Waals surface area contributed by atoms with Gasteiger partial charge in [-0.05, 0) is 13.8 Å². The Labute approximate surface area is 106 Å². The zero-order valence-corrected chi connectivity index (χ0v) is 11.3. The highest BCUT2D eigenvalue weighted by atomic mass is 32.1. The molecule has 0 aliphatic rings. The van der Waals surface area contributed by atoms with Gasteiger partial charge in [0.1, 0.15) is 0 Å². The molecule has 1 aromatic rings. The summed E-state index contributed by atoms with van der Waals surface area (Å²) in [4.78, 5) is 17.9. The molecular formula is C11H19N3O2S. The van der Waals surface area contributed by atoms with Gasteiger partial charge < -0.3 is 15.4 Å². The highest BCUT2D eigenvalue weighted by molar-refractivity contribution is 7.13. The van der Waals surface area contributed by atoms with E-state index in [2.05, 4.69) is 4.98 Å². The van der Waals surface area contributed by atoms with E-state index in [9.17, 15) is 4.79 Å². The number of thiazole rings is 1. The fraction of sp³-hybridized carbons (Fsp3) is 0.636. The molecule has 0 saturated carbocycles. The number of amides is 1. The van der Waals surface area contributed by atoms with Crippen molar-refractivity contribution in [3.8, 4) is 0 Å². The number of anilines is 1. The summed E-state index contributed by atoms with van der Waals surface area (Å²) in [6, 6.07) is 0.161. The van der Waals surface area contributed by atoms with Crippen molar-refractivity contribution in [1.82, 2.24) is 9.88 Å². The van der Waals surface area contributed by atoms with Gasteiger partial charge in [0.2, 0.25) is 5.91 Å². The molecule has 0 fully saturated rings. The van der Waals surface area contributed by atoms with Gasteiger partial charge in [0.25, 0.3) is 0 Å². The van der Waals surface area contributed by atoms with Crippen LogP contribution in [-0.2, 0) is 16.0 Å². The first kappa shape index (κ1) is 13.9. The number of carbonyl (C=O) groups excluding carboxylic acids is 1. The molecule has 1 heterocycles. The van der Waals surface area contributed by atoms with Crippen molar-refractivity contribution in [3.63, 3.8) is 0 Å². The Balaban J connectivity index is 2.58. The number of hydrogen-bond donors (Lipinski definition) is 1. The molecular weight excluding hydrogens is 238 g/mol. The number of nitrogens with zero attached hydrogens (tertiary/aromatic N) is 2. The van der Waals surface area contributed by atoms with Crippen molar-refractivity contribution in [2.24, 2.45) is 0 Å². The third-order valence-electron chi connectivity index (χ3n) is 2.38. The Hall–Kier alpha value is -1.14. The Morgan fingerprint density at radius 2 is 2.35 bits per heavy atom. The molecule has 0 saturated heterocycles. The van der Waals surface area contributed by atoms with Crippen molar-refractivity contribution >= 4 is 22.4 Å². The number of hydrogen-bond acceptors (Lipinski definition) is 5. The van der Waals surface area contributed by atoms with Gasteiger partial charge in [0.15, 0.2) is 5.13 Å². The average Bonchev–Trinajstić information content (AvgIpc) is 2.64. The summed E-state index contributed by atoms with van der Waals surface area (Å²) >= 11 is 1.36. The molecule has 0 atom stereocenters. The standard InChI is InChI=1S/C11H19N3O2S/c1-8(2)14(4-5-16-3)10(15)6-9-7-17-11(12)13-9/h7-8H,4-6H2,1-3H3,(H2,12,13). The summed E-state index contributed by atoms with van der Waals surface area (Å²) in [6.45, 7) is 5.13. The van der Waals surface area contributed by atoms with Crippen LogP contribution in [0.25, 0.3) is 0 Å². The van der Waals surface area contributed by atoms with E-state index >= 15 is 0 Å². The van der Waals surface area contributed by atoms with E-state index in [1.54, 1.807) is 12.0 Å². The van der Waals surface area contributed by atoms with Crippen LogP contribution < -0.4 is 5.73 Å². The van der Waals surface area contributed by atoms with Gasteiger partial charge in [-0.1, -0.05) is 0 Å². The first-order valence-electron chi connectivity index (χ1n) is 5.53. The van der Waals surface area contributed by atoms with Crippen molar-refractivity contribution in [2.75, 3.05) is 26.0 Å². The minimum atomic E-state index is 0.0577. The molecule has 2 N–H and O–H groups in total. The molecule has 0 aliphatic carbocycles. The van der Waals surface area contributed by atoms with Crippen LogP contribution in [0, 0.1) is 0 Å². The normalized spacial score (nSPS) is 10.8. The number of carbonyl (C=O) groups is 1. The maximum Gasteiger partial charge on any atom is 0.228 e. The fourth-order valence-electron chi connectivity index (χ4n) is 1.52. The van der Waals surface area contributed by atoms with Gasteiger partial charge in [-0.25, -0.2) is 4.98 Å². The summed E-state index contributed by atoms with van der Waals surface area (Å²) < 4.78 is 5.00. The van der Waals surface area contributed by atoms with Crippen LogP contribution in [0.5, 0.6) is 0 Å². The maximum absolute atomic E-state index is 12.1. The van der Waals surface area contributed by atoms with Crippen LogP contribution >= 0.6 is 11.3 Å². The first-order valence-corrected chi connectivity index (χ1v) is 6.40. The zero-order chi connectivity index (χ0) is 12.8. The number of rotatable bonds is 6. The molecule has 0 radical (unpaired) electrons. The van der Waals surface area contributed by atoms with Gasteiger partial charge in [0.05, 0.1) is 18.7 Å². The second-order valence-corrected chi connectivity index (χ2v) is 4.92. The molecule has 1 aromatic heterocycles. The predicted octanol–water partition coefficient (Wildman–Crippen LogP) is 1.15. The molecule has 0 unspecified atom stereocenters. The Morgan fingerprint density at radius 1 is 1.65 bits per heavy atom. The number of nitrogen functional groups attached to an aromatic ring is 1. The monoisotopic (exact) mass is 257 g/mol. The lowest BCUT2D eigenvalue weighted by atomic mass is 10.2. The van der Waals surface area contributed by atoms with Crippen molar-refractivity contribution in [3.05, 3.63) is 11.1 Å². The third kappa shape index (κ3) is 4.32. The van der Waals surface area contributed by atoms with Crippen LogP contribution in [0.2, 0.25) is 0 Å². The van der Waals surface area contributed by atoms with Crippen LogP contribution in [0.4, 0.5) is 5.13 Å². The molecule has 96 valence electrons. The van der Waals surface area contributed by atoms with E-state index < -0.39 is 0 Å². The molecule has 6 heteroatoms. The van der Waals surface area contributed by atoms with E-state index in [4.69, 9.17) is 10.5 Å². The summed E-state index contributed by atoms with van der Waals surface area (Å²) in [5.74, 6) is 0.0577. The third-order valence-corrected chi connectivity index (χ3v) is 3.10. The quantitative estimate of drug-likeness (QED) is 0.830. The van der Waals surface area contributed by atoms with Gasteiger partial charge >= 0.3 is 0 Å². The Bertz CT molecular complexity index is 365. The molecule has 5 nitrogen and oxygen atoms in total. The second kappa shape index (κ2) is 6.56. The molecule has 0 spiro atoms. The number of nitrogens with two attached hydrogens (primary N) is 1. The van der Waals surface area contributed by atoms with E-state index in [1.807, 2.05) is 19.2 Å². The smallest absolute Gasteiger partial charge is 0.228 e. The lowest BCUT2D eigenvalue weighted by molar-refractivity contribution is -0.132. The maximum atomic E-state index is 12.1. The van der Waals surface area contributed by atoms with Gasteiger partial charge in [-0.3, -0.25) is 4.79 Å². The minimum Gasteiger partial charge on any atom is -0.383 e. The highest BCUT2D eigenvalue weighted by Crippen LogP contribution is 2.13. The van der Waals surface area contributed by atoms with Gasteiger partial charge in [-0.2, -0.15) is 0 Å². The SMILES string of the molecule is COCCN(C(=O)Cc1csc(N)n1)C(C)C.